The van der Waals surface area contributed by atoms with Crippen LogP contribution in [0.4, 0.5) is 5.69 Å². The van der Waals surface area contributed by atoms with Gasteiger partial charge >= 0.3 is 5.63 Å². The fraction of sp³-hybridized carbons (Fsp3) is 0.263. The quantitative estimate of drug-likeness (QED) is 0.436. The summed E-state index contributed by atoms with van der Waals surface area (Å²) in [5.41, 5.74) is 0.630. The number of fused-ring (bicyclic) bond motifs is 3. The lowest BCUT2D eigenvalue weighted by atomic mass is 10.1. The maximum atomic E-state index is 12.3. The van der Waals surface area contributed by atoms with Crippen LogP contribution in [0.5, 0.6) is 5.75 Å². The molecule has 0 atom stereocenters. The molecule has 3 aromatic rings. The molecule has 1 N–H and O–H groups in total. The molecule has 0 bridgehead atoms. The van der Waals surface area contributed by atoms with E-state index in [-0.39, 0.29) is 5.91 Å². The van der Waals surface area contributed by atoms with Crippen LogP contribution in [0.1, 0.15) is 26.7 Å². The van der Waals surface area contributed by atoms with Gasteiger partial charge in [-0.15, -0.1) is 0 Å². The van der Waals surface area contributed by atoms with Gasteiger partial charge in [0.2, 0.25) is 5.91 Å². The van der Waals surface area contributed by atoms with Gasteiger partial charge < -0.3 is 14.5 Å². The summed E-state index contributed by atoms with van der Waals surface area (Å²) in [6, 6.07) is 10.7. The van der Waals surface area contributed by atoms with Crippen molar-refractivity contribution in [2.24, 2.45) is 0 Å². The van der Waals surface area contributed by atoms with Gasteiger partial charge in [-0.2, -0.15) is 0 Å². The van der Waals surface area contributed by atoms with Crippen molar-refractivity contribution in [2.45, 2.75) is 26.7 Å². The second-order valence-electron chi connectivity index (χ2n) is 5.69. The summed E-state index contributed by atoms with van der Waals surface area (Å²) in [4.78, 5) is 23.4. The highest BCUT2D eigenvalue weighted by Gasteiger charge is 2.10. The third-order valence-electron chi connectivity index (χ3n) is 3.77. The molecule has 5 nitrogen and oxygen atoms in total. The number of ether oxygens (including phenoxy) is 1. The standard InChI is InChI=1S/C19H19NO4/c1-3-4-9-23-14-6-8-16-15-7-5-13(20-12(2)21)10-17(15)19(22)24-18(16)11-14/h5-8,10-11H,3-4,9H2,1-2H3,(H,20,21). The van der Waals surface area contributed by atoms with Crippen molar-refractivity contribution >= 4 is 33.3 Å². The van der Waals surface area contributed by atoms with Crippen LogP contribution in [0.3, 0.4) is 0 Å². The van der Waals surface area contributed by atoms with E-state index >= 15 is 0 Å². The smallest absolute Gasteiger partial charge is 0.344 e. The number of carbonyl (C=O) groups excluding carboxylic acids is 1. The van der Waals surface area contributed by atoms with Crippen molar-refractivity contribution < 1.29 is 13.9 Å². The molecule has 5 heteroatoms. The Bertz CT molecular complexity index is 959. The largest absolute Gasteiger partial charge is 0.493 e. The highest BCUT2D eigenvalue weighted by molar-refractivity contribution is 6.06. The Kier molecular flexibility index (Phi) is 4.51. The summed E-state index contributed by atoms with van der Waals surface area (Å²) in [7, 11) is 0. The average molecular weight is 325 g/mol. The molecule has 0 fully saturated rings. The van der Waals surface area contributed by atoms with Gasteiger partial charge in [0.1, 0.15) is 11.3 Å². The average Bonchev–Trinajstić information content (AvgIpc) is 2.55. The Morgan fingerprint density at radius 3 is 2.67 bits per heavy atom. The monoisotopic (exact) mass is 325 g/mol. The number of unbranched alkanes of at least 4 members (excludes halogenated alkanes) is 1. The van der Waals surface area contributed by atoms with Crippen molar-refractivity contribution in [3.63, 3.8) is 0 Å². The van der Waals surface area contributed by atoms with E-state index < -0.39 is 5.63 Å². The number of anilines is 1. The molecule has 0 radical (unpaired) electrons. The van der Waals surface area contributed by atoms with E-state index in [9.17, 15) is 9.59 Å². The predicted molar refractivity (Wildman–Crippen MR) is 94.7 cm³/mol. The van der Waals surface area contributed by atoms with E-state index in [0.29, 0.717) is 29.0 Å². The number of hydrogen-bond donors (Lipinski definition) is 1. The fourth-order valence-electron chi connectivity index (χ4n) is 2.62. The number of hydrogen-bond acceptors (Lipinski definition) is 4. The van der Waals surface area contributed by atoms with E-state index in [1.54, 1.807) is 18.2 Å². The summed E-state index contributed by atoms with van der Waals surface area (Å²) in [5.74, 6) is 0.502. The molecular weight excluding hydrogens is 306 g/mol. The summed E-state index contributed by atoms with van der Waals surface area (Å²) in [6.07, 6.45) is 2.04. The minimum absolute atomic E-state index is 0.187. The number of rotatable bonds is 5. The third kappa shape index (κ3) is 3.25. The zero-order chi connectivity index (χ0) is 17.1. The van der Waals surface area contributed by atoms with Crippen molar-refractivity contribution in [3.05, 3.63) is 46.8 Å². The maximum absolute atomic E-state index is 12.3. The Balaban J connectivity index is 2.06. The second-order valence-corrected chi connectivity index (χ2v) is 5.69. The van der Waals surface area contributed by atoms with Crippen LogP contribution in [0.2, 0.25) is 0 Å². The van der Waals surface area contributed by atoms with Gasteiger partial charge in [-0.1, -0.05) is 19.4 Å². The maximum Gasteiger partial charge on any atom is 0.344 e. The minimum Gasteiger partial charge on any atom is -0.493 e. The molecule has 1 heterocycles. The molecule has 0 spiro atoms. The molecule has 0 aliphatic heterocycles. The Labute approximate surface area is 139 Å². The first-order valence-corrected chi connectivity index (χ1v) is 7.99. The van der Waals surface area contributed by atoms with Crippen LogP contribution in [0.15, 0.2) is 45.6 Å². The topological polar surface area (TPSA) is 68.5 Å². The first-order valence-electron chi connectivity index (χ1n) is 7.99. The van der Waals surface area contributed by atoms with Gasteiger partial charge in [-0.05, 0) is 30.7 Å². The van der Waals surface area contributed by atoms with Crippen molar-refractivity contribution in [2.75, 3.05) is 11.9 Å². The molecule has 0 aliphatic rings. The van der Waals surface area contributed by atoms with Gasteiger partial charge in [0.15, 0.2) is 0 Å². The van der Waals surface area contributed by atoms with Gasteiger partial charge in [0.05, 0.1) is 12.0 Å². The van der Waals surface area contributed by atoms with Crippen molar-refractivity contribution in [3.8, 4) is 5.75 Å². The summed E-state index contributed by atoms with van der Waals surface area (Å²) in [6.45, 7) is 4.16. The van der Waals surface area contributed by atoms with Gasteiger partial charge in [0.25, 0.3) is 0 Å². The molecule has 0 unspecified atom stereocenters. The molecule has 3 rings (SSSR count). The SMILES string of the molecule is CCCCOc1ccc2c(c1)oc(=O)c1cc(NC(C)=O)ccc12. The molecule has 0 saturated carbocycles. The van der Waals surface area contributed by atoms with Crippen molar-refractivity contribution in [1.82, 2.24) is 0 Å². The van der Waals surface area contributed by atoms with E-state index in [1.807, 2.05) is 18.2 Å². The predicted octanol–water partition coefficient (Wildman–Crippen LogP) is 4.08. The van der Waals surface area contributed by atoms with Crippen LogP contribution < -0.4 is 15.7 Å². The Morgan fingerprint density at radius 1 is 1.12 bits per heavy atom. The molecule has 0 aliphatic carbocycles. The van der Waals surface area contributed by atoms with Gasteiger partial charge in [-0.3, -0.25) is 4.79 Å². The van der Waals surface area contributed by atoms with Crippen molar-refractivity contribution in [1.29, 1.82) is 0 Å². The first-order chi connectivity index (χ1) is 11.6. The summed E-state index contributed by atoms with van der Waals surface area (Å²) >= 11 is 0. The normalized spacial score (nSPS) is 10.9. The number of carbonyl (C=O) groups is 1. The van der Waals surface area contributed by atoms with E-state index in [1.165, 1.54) is 6.92 Å². The van der Waals surface area contributed by atoms with E-state index in [2.05, 4.69) is 12.2 Å². The highest BCUT2D eigenvalue weighted by Crippen LogP contribution is 2.28. The number of amides is 1. The lowest BCUT2D eigenvalue weighted by Gasteiger charge is -2.08. The van der Waals surface area contributed by atoms with Crippen LogP contribution in [-0.2, 0) is 4.79 Å². The third-order valence-corrected chi connectivity index (χ3v) is 3.77. The molecule has 24 heavy (non-hydrogen) atoms. The zero-order valence-corrected chi connectivity index (χ0v) is 13.7. The lowest BCUT2D eigenvalue weighted by molar-refractivity contribution is -0.114. The first kappa shape index (κ1) is 16.1. The summed E-state index contributed by atoms with van der Waals surface area (Å²) < 4.78 is 11.1. The van der Waals surface area contributed by atoms with Crippen LogP contribution in [0, 0.1) is 0 Å². The molecule has 124 valence electrons. The number of nitrogens with one attached hydrogen (secondary N) is 1. The second kappa shape index (κ2) is 6.74. The molecule has 1 aromatic heterocycles. The highest BCUT2D eigenvalue weighted by atomic mass is 16.5. The van der Waals surface area contributed by atoms with Gasteiger partial charge in [-0.25, -0.2) is 4.79 Å². The van der Waals surface area contributed by atoms with E-state index in [0.717, 1.165) is 23.6 Å². The summed E-state index contributed by atoms with van der Waals surface area (Å²) in [5, 5.41) is 4.73. The fourth-order valence-corrected chi connectivity index (χ4v) is 2.62. The molecule has 2 aromatic carbocycles. The van der Waals surface area contributed by atoms with Crippen LogP contribution >= 0.6 is 0 Å². The Morgan fingerprint density at radius 2 is 1.92 bits per heavy atom. The number of benzene rings is 2. The molecular formula is C19H19NO4. The lowest BCUT2D eigenvalue weighted by Crippen LogP contribution is -2.07. The van der Waals surface area contributed by atoms with Gasteiger partial charge in [0, 0.05) is 29.4 Å². The molecule has 1 amide bonds. The minimum atomic E-state index is -0.435. The van der Waals surface area contributed by atoms with Crippen LogP contribution in [-0.4, -0.2) is 12.5 Å². The Hall–Kier alpha value is -2.82. The van der Waals surface area contributed by atoms with Crippen LogP contribution in [0.25, 0.3) is 21.7 Å². The zero-order valence-electron chi connectivity index (χ0n) is 13.7. The van der Waals surface area contributed by atoms with E-state index in [4.69, 9.17) is 9.15 Å². The molecule has 0 saturated heterocycles.